The van der Waals surface area contributed by atoms with E-state index in [2.05, 4.69) is 65.6 Å². The first kappa shape index (κ1) is 33.6. The summed E-state index contributed by atoms with van der Waals surface area (Å²) >= 11 is 0. The summed E-state index contributed by atoms with van der Waals surface area (Å²) in [5.41, 5.74) is 8.06. The molecule has 2 atom stereocenters. The van der Waals surface area contributed by atoms with Crippen molar-refractivity contribution < 1.29 is 28.8 Å². The molecule has 0 unspecified atom stereocenters. The van der Waals surface area contributed by atoms with Gasteiger partial charge in [0.15, 0.2) is 23.0 Å². The first-order valence-electron chi connectivity index (χ1n) is 18.2. The third-order valence-electron chi connectivity index (χ3n) is 11.4. The summed E-state index contributed by atoms with van der Waals surface area (Å²) in [4.78, 5) is 18.3. The minimum Gasteiger partial charge on any atom is -0.493 e. The summed E-state index contributed by atoms with van der Waals surface area (Å²) in [7, 11) is 7.63. The van der Waals surface area contributed by atoms with Gasteiger partial charge in [-0.2, -0.15) is 0 Å². The number of ether oxygens (including phenoxy) is 4. The number of nitrogens with one attached hydrogen (secondary N) is 1. The molecule has 1 saturated carbocycles. The van der Waals surface area contributed by atoms with E-state index in [1.165, 1.54) is 11.1 Å². The van der Waals surface area contributed by atoms with Crippen LogP contribution in [0.5, 0.6) is 34.5 Å². The molecule has 0 radical (unpaired) electrons. The fraction of sp³-hybridized carbons (Fsp3) is 0.405. The van der Waals surface area contributed by atoms with Gasteiger partial charge in [-0.3, -0.25) is 14.6 Å². The molecular formula is C42H47N3O6. The van der Waals surface area contributed by atoms with Crippen LogP contribution in [0.4, 0.5) is 0 Å². The highest BCUT2D eigenvalue weighted by molar-refractivity contribution is 5.97. The fourth-order valence-electron chi connectivity index (χ4n) is 8.21. The maximum Gasteiger partial charge on any atom is 0.255 e. The van der Waals surface area contributed by atoms with Gasteiger partial charge in [-0.1, -0.05) is 18.2 Å². The molecule has 9 heteroatoms. The average molecular weight is 690 g/mol. The molecule has 0 aromatic heterocycles. The summed E-state index contributed by atoms with van der Waals surface area (Å²) in [5.74, 6) is 3.58. The van der Waals surface area contributed by atoms with Gasteiger partial charge >= 0.3 is 0 Å². The molecule has 51 heavy (non-hydrogen) atoms. The molecule has 5 aliphatic rings. The number of aliphatic hydroxyl groups excluding tert-OH is 1. The standard InChI is InChI=1S/C42H47N3O6/c1-44-16-14-27-22-37(48-3)38-23-33(27)34(44)19-26-10-13-32(42(47)43-30-6-5-7-30)36(20-26)50-31-11-8-25(9-12-31)18-35-39-28(15-17-45(35)2)21-29(24-46)40(49-4)41(39)51-38/h8-13,20-23,30,34-35,46H,5-7,14-19,24H2,1-4H3,(H,43,47)/t34-,35+/m1/s1. The number of hydrogen-bond donors (Lipinski definition) is 2. The highest BCUT2D eigenvalue weighted by Crippen LogP contribution is 2.50. The largest absolute Gasteiger partial charge is 0.493 e. The molecule has 266 valence electrons. The van der Waals surface area contributed by atoms with Gasteiger partial charge in [0.2, 0.25) is 0 Å². The number of carbonyl (C=O) groups is 1. The number of aliphatic hydroxyl groups is 1. The van der Waals surface area contributed by atoms with Crippen LogP contribution in [0.15, 0.2) is 60.7 Å². The van der Waals surface area contributed by atoms with Crippen LogP contribution >= 0.6 is 0 Å². The maximum absolute atomic E-state index is 13.5. The maximum atomic E-state index is 13.5. The Morgan fingerprint density at radius 3 is 2.27 bits per heavy atom. The zero-order chi connectivity index (χ0) is 35.2. The molecule has 1 amide bonds. The molecule has 0 saturated heterocycles. The van der Waals surface area contributed by atoms with Crippen molar-refractivity contribution in [1.29, 1.82) is 0 Å². The van der Waals surface area contributed by atoms with E-state index >= 15 is 0 Å². The van der Waals surface area contributed by atoms with Crippen LogP contribution in [0.2, 0.25) is 0 Å². The van der Waals surface area contributed by atoms with E-state index in [0.717, 1.165) is 73.9 Å². The van der Waals surface area contributed by atoms with Crippen LogP contribution < -0.4 is 24.3 Å². The molecule has 1 fully saturated rings. The lowest BCUT2D eigenvalue weighted by atomic mass is 9.86. The van der Waals surface area contributed by atoms with E-state index in [4.69, 9.17) is 18.9 Å². The Balaban J connectivity index is 1.30. The average Bonchev–Trinajstić information content (AvgIpc) is 3.12. The lowest BCUT2D eigenvalue weighted by molar-refractivity contribution is 0.0914. The topological polar surface area (TPSA) is 92.7 Å². The van der Waals surface area contributed by atoms with Crippen molar-refractivity contribution in [3.8, 4) is 34.5 Å². The second-order valence-corrected chi connectivity index (χ2v) is 14.5. The Hall–Kier alpha value is -4.57. The Labute approximate surface area is 300 Å². The van der Waals surface area contributed by atoms with Crippen LogP contribution in [0.25, 0.3) is 0 Å². The third-order valence-corrected chi connectivity index (χ3v) is 11.4. The van der Waals surface area contributed by atoms with Gasteiger partial charge in [0.1, 0.15) is 11.5 Å². The zero-order valence-electron chi connectivity index (χ0n) is 30.0. The van der Waals surface area contributed by atoms with E-state index in [-0.39, 0.29) is 30.6 Å². The van der Waals surface area contributed by atoms with E-state index in [9.17, 15) is 9.90 Å². The highest BCUT2D eigenvalue weighted by atomic mass is 16.5. The first-order valence-corrected chi connectivity index (χ1v) is 18.2. The molecule has 9 rings (SSSR count). The van der Waals surface area contributed by atoms with Crippen molar-refractivity contribution in [3.63, 3.8) is 0 Å². The summed E-state index contributed by atoms with van der Waals surface area (Å²) < 4.78 is 25.6. The van der Waals surface area contributed by atoms with Crippen LogP contribution in [0, 0.1) is 0 Å². The predicted molar refractivity (Wildman–Crippen MR) is 196 cm³/mol. The molecule has 2 N–H and O–H groups in total. The van der Waals surface area contributed by atoms with Gasteiger partial charge in [-0.25, -0.2) is 0 Å². The predicted octanol–water partition coefficient (Wildman–Crippen LogP) is 6.92. The minimum atomic E-state index is -0.161. The summed E-state index contributed by atoms with van der Waals surface area (Å²) in [6, 6.07) is 20.8. The van der Waals surface area contributed by atoms with Crippen molar-refractivity contribution >= 4 is 5.91 Å². The highest BCUT2D eigenvalue weighted by Gasteiger charge is 2.34. The Morgan fingerprint density at radius 1 is 0.843 bits per heavy atom. The first-order chi connectivity index (χ1) is 24.8. The number of rotatable bonds is 5. The van der Waals surface area contributed by atoms with E-state index in [1.54, 1.807) is 14.2 Å². The van der Waals surface area contributed by atoms with Crippen molar-refractivity contribution in [3.05, 3.63) is 105 Å². The van der Waals surface area contributed by atoms with E-state index in [0.29, 0.717) is 52.0 Å². The lowest BCUT2D eigenvalue weighted by Gasteiger charge is -2.37. The molecule has 4 aromatic carbocycles. The van der Waals surface area contributed by atoms with Crippen molar-refractivity contribution in [2.75, 3.05) is 41.4 Å². The quantitative estimate of drug-likeness (QED) is 0.234. The normalized spacial score (nSPS) is 20.2. The van der Waals surface area contributed by atoms with Gasteiger partial charge < -0.3 is 29.4 Å². The van der Waals surface area contributed by atoms with Gasteiger partial charge in [0.25, 0.3) is 5.91 Å². The molecule has 6 bridgehead atoms. The zero-order valence-corrected chi connectivity index (χ0v) is 30.0. The smallest absolute Gasteiger partial charge is 0.255 e. The van der Waals surface area contributed by atoms with Crippen molar-refractivity contribution in [2.24, 2.45) is 0 Å². The molecule has 4 aliphatic heterocycles. The van der Waals surface area contributed by atoms with Crippen LogP contribution in [0.3, 0.4) is 0 Å². The van der Waals surface area contributed by atoms with Crippen molar-refractivity contribution in [2.45, 2.75) is 69.7 Å². The second kappa shape index (κ2) is 13.9. The summed E-state index contributed by atoms with van der Waals surface area (Å²) in [6.07, 6.45) is 6.32. The molecule has 0 spiro atoms. The Bertz CT molecular complexity index is 1960. The molecule has 9 nitrogen and oxygen atoms in total. The van der Waals surface area contributed by atoms with E-state index < -0.39 is 0 Å². The molecule has 4 aromatic rings. The number of fused-ring (bicyclic) bond motifs is 2. The van der Waals surface area contributed by atoms with Gasteiger partial charge in [-0.05, 0) is 129 Å². The number of benzene rings is 4. The number of nitrogens with zero attached hydrogens (tertiary/aromatic N) is 2. The number of likely N-dealkylation sites (N-methyl/N-ethyl adjacent to an activating group) is 2. The van der Waals surface area contributed by atoms with Crippen molar-refractivity contribution in [1.82, 2.24) is 15.1 Å². The Morgan fingerprint density at radius 2 is 1.57 bits per heavy atom. The third kappa shape index (κ3) is 6.32. The van der Waals surface area contributed by atoms with Crippen LogP contribution in [0.1, 0.15) is 80.6 Å². The van der Waals surface area contributed by atoms with Gasteiger partial charge in [-0.15, -0.1) is 0 Å². The summed E-state index contributed by atoms with van der Waals surface area (Å²) in [6.45, 7) is 1.60. The SMILES string of the molecule is COc1cc2c3cc1Oc1c(OC)c(CO)cc4c1[C@H](Cc1ccc(cc1)Oc1cc(ccc1C(=O)NC1CCC1)C[C@H]3N(C)CC2)N(C)CC4. The molecule has 4 heterocycles. The number of methoxy groups -OCH3 is 2. The minimum absolute atomic E-state index is 0.0166. The van der Waals surface area contributed by atoms with Crippen LogP contribution in [-0.2, 0) is 32.3 Å². The number of carbonyl (C=O) groups excluding carboxylic acids is 1. The second-order valence-electron chi connectivity index (χ2n) is 14.5. The van der Waals surface area contributed by atoms with E-state index in [1.807, 2.05) is 24.3 Å². The van der Waals surface area contributed by atoms with Gasteiger partial charge in [0.05, 0.1) is 26.4 Å². The molecular weight excluding hydrogens is 642 g/mol. The van der Waals surface area contributed by atoms with Gasteiger partial charge in [0, 0.05) is 42.3 Å². The molecule has 1 aliphatic carbocycles. The van der Waals surface area contributed by atoms with Crippen LogP contribution in [-0.4, -0.2) is 68.3 Å². The fourth-order valence-corrected chi connectivity index (χ4v) is 8.21. The Kier molecular flexibility index (Phi) is 9.12. The summed E-state index contributed by atoms with van der Waals surface area (Å²) in [5, 5.41) is 13.7. The monoisotopic (exact) mass is 689 g/mol. The lowest BCUT2D eigenvalue weighted by Crippen LogP contribution is -2.39. The number of hydrogen-bond acceptors (Lipinski definition) is 8. The number of amides is 1.